The summed E-state index contributed by atoms with van der Waals surface area (Å²) in [7, 11) is 0. The Balaban J connectivity index is 1.44. The lowest BCUT2D eigenvalue weighted by atomic mass is 10.1. The summed E-state index contributed by atoms with van der Waals surface area (Å²) in [6, 6.07) is 14.4. The average Bonchev–Trinajstić information content (AvgIpc) is 3.05. The number of carbonyl (C=O) groups excluding carboxylic acids is 3. The van der Waals surface area contributed by atoms with Gasteiger partial charge in [0.15, 0.2) is 0 Å². The van der Waals surface area contributed by atoms with Gasteiger partial charge in [-0.15, -0.1) is 0 Å². The van der Waals surface area contributed by atoms with Gasteiger partial charge in [0.25, 0.3) is 0 Å². The van der Waals surface area contributed by atoms with Gasteiger partial charge in [-0.05, 0) is 55.8 Å². The number of fused-ring (bicyclic) bond motifs is 1. The molecular weight excluding hydrogens is 394 g/mol. The third-order valence-corrected chi connectivity index (χ3v) is 4.83. The van der Waals surface area contributed by atoms with E-state index in [0.717, 1.165) is 27.7 Å². The van der Waals surface area contributed by atoms with Crippen molar-refractivity contribution < 1.29 is 14.4 Å². The molecule has 8 nitrogen and oxygen atoms in total. The smallest absolute Gasteiger partial charge is 0.242 e. The first-order valence-electron chi connectivity index (χ1n) is 9.81. The van der Waals surface area contributed by atoms with Crippen LogP contribution in [-0.4, -0.2) is 22.7 Å². The fraction of sp³-hybridized carbons (Fsp3) is 0.217. The van der Waals surface area contributed by atoms with Crippen LogP contribution in [0.25, 0.3) is 10.9 Å². The second kappa shape index (κ2) is 9.59. The average molecular weight is 417 g/mol. The van der Waals surface area contributed by atoms with E-state index in [9.17, 15) is 14.4 Å². The minimum atomic E-state index is -0.463. The molecule has 2 aromatic carbocycles. The first-order valence-corrected chi connectivity index (χ1v) is 9.81. The summed E-state index contributed by atoms with van der Waals surface area (Å²) in [5.74, 6) is -1.15. The van der Waals surface area contributed by atoms with Crippen molar-refractivity contribution in [3.8, 4) is 6.07 Å². The van der Waals surface area contributed by atoms with Gasteiger partial charge in [0.05, 0.1) is 18.1 Å². The molecule has 0 aliphatic carbocycles. The Kier molecular flexibility index (Phi) is 6.67. The van der Waals surface area contributed by atoms with E-state index in [-0.39, 0.29) is 31.1 Å². The Morgan fingerprint density at radius 1 is 0.935 bits per heavy atom. The highest BCUT2D eigenvalue weighted by Gasteiger charge is 2.14. The number of hydrogen-bond donors (Lipinski definition) is 4. The minimum absolute atomic E-state index is 0.0391. The molecule has 4 N–H and O–H groups in total. The van der Waals surface area contributed by atoms with E-state index in [1.54, 1.807) is 24.3 Å². The van der Waals surface area contributed by atoms with Crippen LogP contribution in [0.3, 0.4) is 0 Å². The molecule has 0 saturated carbocycles. The normalized spacial score (nSPS) is 10.4. The van der Waals surface area contributed by atoms with Crippen molar-refractivity contribution in [1.82, 2.24) is 15.8 Å². The lowest BCUT2D eigenvalue weighted by molar-refractivity contribution is -0.129. The molecule has 0 aliphatic rings. The molecule has 0 bridgehead atoms. The van der Waals surface area contributed by atoms with Crippen LogP contribution in [0.15, 0.2) is 42.5 Å². The predicted molar refractivity (Wildman–Crippen MR) is 117 cm³/mol. The van der Waals surface area contributed by atoms with Crippen LogP contribution >= 0.6 is 0 Å². The molecule has 0 unspecified atom stereocenters. The highest BCUT2D eigenvalue weighted by atomic mass is 16.2. The van der Waals surface area contributed by atoms with Crippen molar-refractivity contribution in [3.63, 3.8) is 0 Å². The summed E-state index contributed by atoms with van der Waals surface area (Å²) in [4.78, 5) is 39.5. The summed E-state index contributed by atoms with van der Waals surface area (Å²) >= 11 is 0. The first-order chi connectivity index (χ1) is 14.9. The summed E-state index contributed by atoms with van der Waals surface area (Å²) in [6.07, 6.45) is 0.00494. The number of amides is 3. The number of nitriles is 1. The van der Waals surface area contributed by atoms with Gasteiger partial charge in [-0.3, -0.25) is 25.2 Å². The van der Waals surface area contributed by atoms with Gasteiger partial charge in [-0.2, -0.15) is 5.26 Å². The van der Waals surface area contributed by atoms with E-state index in [0.29, 0.717) is 11.3 Å². The van der Waals surface area contributed by atoms with Gasteiger partial charge in [0.2, 0.25) is 17.7 Å². The number of carbonyl (C=O) groups is 3. The standard InChI is InChI=1S/C23H23N5O3/c1-14-3-8-20-19(11-14)18(15(2)25-20)12-23(31)28-27-22(30)10-9-21(29)26-17-6-4-16(13-24)5-7-17/h3-8,11,25H,9-10,12H2,1-2H3,(H,26,29)(H,27,30)(H,28,31). The largest absolute Gasteiger partial charge is 0.358 e. The van der Waals surface area contributed by atoms with E-state index in [1.807, 2.05) is 38.1 Å². The van der Waals surface area contributed by atoms with Gasteiger partial charge < -0.3 is 10.3 Å². The lowest BCUT2D eigenvalue weighted by Crippen LogP contribution is -2.42. The molecule has 1 aromatic heterocycles. The molecule has 3 aromatic rings. The van der Waals surface area contributed by atoms with Crippen LogP contribution in [0.1, 0.15) is 35.2 Å². The number of H-pyrrole nitrogens is 1. The number of benzene rings is 2. The maximum atomic E-state index is 12.3. The first kappa shape index (κ1) is 21.6. The summed E-state index contributed by atoms with van der Waals surface area (Å²) < 4.78 is 0. The van der Waals surface area contributed by atoms with Crippen molar-refractivity contribution in [2.24, 2.45) is 0 Å². The molecule has 8 heteroatoms. The van der Waals surface area contributed by atoms with Crippen LogP contribution in [0.4, 0.5) is 5.69 Å². The van der Waals surface area contributed by atoms with Crippen molar-refractivity contribution in [2.75, 3.05) is 5.32 Å². The van der Waals surface area contributed by atoms with Crippen LogP contribution in [-0.2, 0) is 20.8 Å². The van der Waals surface area contributed by atoms with E-state index in [2.05, 4.69) is 21.2 Å². The second-order valence-corrected chi connectivity index (χ2v) is 7.29. The Bertz CT molecular complexity index is 1170. The number of nitrogens with zero attached hydrogens (tertiary/aromatic N) is 1. The molecule has 158 valence electrons. The third-order valence-electron chi connectivity index (χ3n) is 4.83. The minimum Gasteiger partial charge on any atom is -0.358 e. The van der Waals surface area contributed by atoms with Crippen LogP contribution in [0.2, 0.25) is 0 Å². The lowest BCUT2D eigenvalue weighted by Gasteiger charge is -2.08. The van der Waals surface area contributed by atoms with Crippen molar-refractivity contribution in [2.45, 2.75) is 33.1 Å². The zero-order chi connectivity index (χ0) is 22.4. The Labute approximate surface area is 179 Å². The monoisotopic (exact) mass is 417 g/mol. The van der Waals surface area contributed by atoms with Crippen LogP contribution in [0, 0.1) is 25.2 Å². The van der Waals surface area contributed by atoms with Crippen LogP contribution < -0.4 is 16.2 Å². The molecule has 0 fully saturated rings. The van der Waals surface area contributed by atoms with E-state index in [1.165, 1.54) is 0 Å². The second-order valence-electron chi connectivity index (χ2n) is 7.29. The fourth-order valence-electron chi connectivity index (χ4n) is 3.21. The number of aromatic amines is 1. The number of nitrogens with one attached hydrogen (secondary N) is 4. The molecule has 0 atom stereocenters. The van der Waals surface area contributed by atoms with Gasteiger partial charge in [0, 0.05) is 35.1 Å². The molecule has 0 aliphatic heterocycles. The van der Waals surface area contributed by atoms with Crippen LogP contribution in [0.5, 0.6) is 0 Å². The highest BCUT2D eigenvalue weighted by Crippen LogP contribution is 2.23. The Morgan fingerprint density at radius 3 is 2.32 bits per heavy atom. The molecule has 0 saturated heterocycles. The number of hydrazine groups is 1. The molecular formula is C23H23N5O3. The predicted octanol–water partition coefficient (Wildman–Crippen LogP) is 2.77. The quantitative estimate of drug-likeness (QED) is 0.460. The molecule has 31 heavy (non-hydrogen) atoms. The van der Waals surface area contributed by atoms with E-state index >= 15 is 0 Å². The summed E-state index contributed by atoms with van der Waals surface area (Å²) in [5.41, 5.74) is 9.62. The SMILES string of the molecule is Cc1ccc2[nH]c(C)c(CC(=O)NNC(=O)CCC(=O)Nc3ccc(C#N)cc3)c2c1. The molecule has 1 heterocycles. The van der Waals surface area contributed by atoms with Gasteiger partial charge in [-0.25, -0.2) is 0 Å². The van der Waals surface area contributed by atoms with Gasteiger partial charge in [-0.1, -0.05) is 11.6 Å². The summed E-state index contributed by atoms with van der Waals surface area (Å²) in [6.45, 7) is 3.90. The van der Waals surface area contributed by atoms with E-state index in [4.69, 9.17) is 5.26 Å². The third kappa shape index (κ3) is 5.70. The molecule has 0 radical (unpaired) electrons. The number of anilines is 1. The summed E-state index contributed by atoms with van der Waals surface area (Å²) in [5, 5.41) is 12.4. The van der Waals surface area contributed by atoms with Crippen molar-refractivity contribution in [3.05, 3.63) is 64.8 Å². The van der Waals surface area contributed by atoms with Crippen molar-refractivity contribution in [1.29, 1.82) is 5.26 Å². The van der Waals surface area contributed by atoms with E-state index < -0.39 is 5.91 Å². The number of aromatic nitrogens is 1. The topological polar surface area (TPSA) is 127 Å². The van der Waals surface area contributed by atoms with Gasteiger partial charge >= 0.3 is 0 Å². The maximum absolute atomic E-state index is 12.3. The van der Waals surface area contributed by atoms with Gasteiger partial charge in [0.1, 0.15) is 0 Å². The number of rotatable bonds is 6. The Hall–Kier alpha value is -4.12. The fourth-order valence-corrected chi connectivity index (χ4v) is 3.21. The maximum Gasteiger partial charge on any atom is 0.242 e. The van der Waals surface area contributed by atoms with Crippen molar-refractivity contribution >= 4 is 34.3 Å². The Morgan fingerprint density at radius 2 is 1.61 bits per heavy atom. The highest BCUT2D eigenvalue weighted by molar-refractivity contribution is 5.94. The molecule has 3 amide bonds. The number of hydrogen-bond acceptors (Lipinski definition) is 4. The molecule has 0 spiro atoms. The molecule has 3 rings (SSSR count). The zero-order valence-electron chi connectivity index (χ0n) is 17.3. The zero-order valence-corrected chi connectivity index (χ0v) is 17.3. The number of aryl methyl sites for hydroxylation is 2.